The molecule has 6 aromatic rings. The van der Waals surface area contributed by atoms with Gasteiger partial charge < -0.3 is 41.4 Å². The second-order valence-corrected chi connectivity index (χ2v) is 14.1. The van der Waals surface area contributed by atoms with Gasteiger partial charge in [-0.1, -0.05) is 72.8 Å². The van der Waals surface area contributed by atoms with E-state index in [0.717, 1.165) is 50.1 Å². The van der Waals surface area contributed by atoms with E-state index in [-0.39, 0.29) is 0 Å². The van der Waals surface area contributed by atoms with Gasteiger partial charge in [0.15, 0.2) is 17.1 Å². The monoisotopic (exact) mass is 711 g/mol. The van der Waals surface area contributed by atoms with Gasteiger partial charge in [0.25, 0.3) is 0 Å². The molecule has 0 aromatic heterocycles. The summed E-state index contributed by atoms with van der Waals surface area (Å²) in [5.74, 6) is 2.15. The van der Waals surface area contributed by atoms with Crippen LogP contribution in [0.2, 0.25) is 0 Å². The van der Waals surface area contributed by atoms with E-state index in [1.165, 1.54) is 0 Å². The molecule has 0 saturated heterocycles. The van der Waals surface area contributed by atoms with Crippen LogP contribution in [-0.4, -0.2) is 73.5 Å². The van der Waals surface area contributed by atoms with Crippen LogP contribution in [0.3, 0.4) is 0 Å². The molecule has 6 bridgehead atoms. The Labute approximate surface area is 313 Å². The van der Waals surface area contributed by atoms with Gasteiger partial charge in [0.1, 0.15) is 18.6 Å². The minimum absolute atomic E-state index is 0.717. The van der Waals surface area contributed by atoms with Crippen molar-refractivity contribution in [1.29, 1.82) is 0 Å². The summed E-state index contributed by atoms with van der Waals surface area (Å²) in [6, 6.07) is 48.7. The molecule has 4 aliphatic heterocycles. The number of hydrogen-bond donors (Lipinski definition) is 0. The van der Waals surface area contributed by atoms with Crippen molar-refractivity contribution in [1.82, 2.24) is 0 Å². The molecule has 0 saturated carbocycles. The number of para-hydroxylation sites is 3. The Hall–Kier alpha value is -6.20. The molecule has 12 heteroatoms. The molecule has 264 valence electrons. The highest BCUT2D eigenvalue weighted by molar-refractivity contribution is 6.78. The van der Waals surface area contributed by atoms with Crippen LogP contribution in [0.1, 0.15) is 16.7 Å². The van der Waals surface area contributed by atoms with E-state index in [2.05, 4.69) is 68.5 Å². The average molecular weight is 711 g/mol. The summed E-state index contributed by atoms with van der Waals surface area (Å²) in [4.78, 5) is 0. The van der Waals surface area contributed by atoms with E-state index >= 15 is 0 Å². The summed E-state index contributed by atoms with van der Waals surface area (Å²) in [7, 11) is 5.08. The summed E-state index contributed by atoms with van der Waals surface area (Å²) in [5.41, 5.74) is 7.69. The van der Waals surface area contributed by atoms with E-state index in [1.807, 2.05) is 109 Å². The van der Waals surface area contributed by atoms with Gasteiger partial charge in [-0.3, -0.25) is 0 Å². The fourth-order valence-electron chi connectivity index (χ4n) is 8.64. The van der Waals surface area contributed by atoms with E-state index in [9.17, 15) is 0 Å². The standard InChI is InChI=1S/C42H36B3N3O6/c1-49-43-34-16-10-20-38(25-34)47-29-32-14-5-8-23-41(32)54-45(47,51-3)36-18-12-21-39(27-36)48-30-33-15-6-9-24-42(33)53-44(48,50-2)35-17-11-19-37(26-35)46(43)28-31-13-4-7-22-40(31)52-43/h4-30H,1-3H3. The van der Waals surface area contributed by atoms with Crippen LogP contribution >= 0.6 is 0 Å². The normalized spacial score (nSPS) is 22.8. The summed E-state index contributed by atoms with van der Waals surface area (Å²) >= 11 is 0. The number of nitrogens with zero attached hydrogens (tertiary/aromatic N) is 3. The predicted molar refractivity (Wildman–Crippen MR) is 213 cm³/mol. The minimum Gasteiger partial charge on any atom is -0.629 e. The molecular weight excluding hydrogens is 675 g/mol. The summed E-state index contributed by atoms with van der Waals surface area (Å²) < 4.78 is 47.3. The Morgan fingerprint density at radius 1 is 0.370 bits per heavy atom. The van der Waals surface area contributed by atoms with Crippen LogP contribution in [0.15, 0.2) is 146 Å². The lowest BCUT2D eigenvalue weighted by molar-refractivity contribution is -0.335. The molecule has 4 heterocycles. The van der Waals surface area contributed by atoms with Crippen LogP contribution in [0.4, 0.5) is 17.1 Å². The fourth-order valence-corrected chi connectivity index (χ4v) is 8.64. The molecule has 0 aliphatic carbocycles. The van der Waals surface area contributed by atoms with Crippen LogP contribution in [0.25, 0.3) is 0 Å². The Morgan fingerprint density at radius 2 is 0.667 bits per heavy atom. The fraction of sp³-hybridized carbons (Fsp3) is 0.0714. The van der Waals surface area contributed by atoms with E-state index in [0.29, 0.717) is 17.2 Å². The smallest absolute Gasteiger partial charge is 0.629 e. The van der Waals surface area contributed by atoms with Crippen LogP contribution < -0.4 is 30.4 Å². The quantitative estimate of drug-likeness (QED) is 0.243. The Balaban J connectivity index is 1.34. The van der Waals surface area contributed by atoms with Crippen LogP contribution in [0.5, 0.6) is 17.2 Å². The first kappa shape index (κ1) is 32.5. The molecule has 0 radical (unpaired) electrons. The summed E-state index contributed by atoms with van der Waals surface area (Å²) in [5, 5.41) is 0. The van der Waals surface area contributed by atoms with Gasteiger partial charge in [-0.25, -0.2) is 0 Å². The Morgan fingerprint density at radius 3 is 0.963 bits per heavy atom. The zero-order valence-electron chi connectivity index (χ0n) is 30.1. The van der Waals surface area contributed by atoms with Crippen LogP contribution in [0, 0.1) is 0 Å². The van der Waals surface area contributed by atoms with Gasteiger partial charge in [0.2, 0.25) is 0 Å². The van der Waals surface area contributed by atoms with Crippen molar-refractivity contribution in [2.75, 3.05) is 21.3 Å². The number of fused-ring (bicyclic) bond motifs is 18. The van der Waals surface area contributed by atoms with Gasteiger partial charge in [0, 0.05) is 18.2 Å². The SMILES string of the molecule is CO[B-]12Oc3ccccc3C=[N+]1c1cccc(c1)[B-]1(OC)Oc3ccccc3C=[N+]1c1cccc(c1)[B-]1(OC)Oc3ccccc3C=[N+]1c1cccc2c1. The molecule has 54 heavy (non-hydrogen) atoms. The maximum Gasteiger partial charge on any atom is 0.630 e. The molecule has 0 spiro atoms. The van der Waals surface area contributed by atoms with E-state index in [1.54, 1.807) is 21.3 Å². The van der Waals surface area contributed by atoms with Crippen molar-refractivity contribution in [2.45, 2.75) is 0 Å². The van der Waals surface area contributed by atoms with Crippen molar-refractivity contribution >= 4 is 72.2 Å². The second kappa shape index (κ2) is 12.2. The third kappa shape index (κ3) is 4.64. The molecule has 0 fully saturated rings. The van der Waals surface area contributed by atoms with Crippen LogP contribution in [-0.2, 0) is 14.0 Å². The van der Waals surface area contributed by atoms with Crippen molar-refractivity contribution in [2.24, 2.45) is 0 Å². The molecule has 9 nitrogen and oxygen atoms in total. The molecular formula is C42H36B3N3O6. The average Bonchev–Trinajstić information content (AvgIpc) is 3.24. The van der Waals surface area contributed by atoms with Crippen molar-refractivity contribution in [3.8, 4) is 17.2 Å². The van der Waals surface area contributed by atoms with Crippen molar-refractivity contribution in [3.05, 3.63) is 162 Å². The highest BCUT2D eigenvalue weighted by Crippen LogP contribution is 2.36. The summed E-state index contributed by atoms with van der Waals surface area (Å²) in [6.45, 7) is -7.16. The lowest BCUT2D eigenvalue weighted by Crippen LogP contribution is -2.66. The van der Waals surface area contributed by atoms with E-state index in [4.69, 9.17) is 27.9 Å². The molecule has 3 unspecified atom stereocenters. The molecule has 0 amide bonds. The maximum absolute atomic E-state index is 7.05. The van der Waals surface area contributed by atoms with Gasteiger partial charge in [-0.05, 0) is 92.3 Å². The zero-order valence-corrected chi connectivity index (χ0v) is 30.1. The number of hydrogen-bond acceptors (Lipinski definition) is 6. The molecule has 6 aromatic carbocycles. The first-order valence-electron chi connectivity index (χ1n) is 18.1. The number of rotatable bonds is 3. The third-order valence-electron chi connectivity index (χ3n) is 11.3. The van der Waals surface area contributed by atoms with Crippen molar-refractivity contribution < 1.29 is 41.4 Å². The van der Waals surface area contributed by atoms with Gasteiger partial charge >= 0.3 is 20.1 Å². The lowest BCUT2D eigenvalue weighted by Gasteiger charge is -2.41. The second-order valence-electron chi connectivity index (χ2n) is 14.1. The predicted octanol–water partition coefficient (Wildman–Crippen LogP) is 4.94. The van der Waals surface area contributed by atoms with E-state index < -0.39 is 20.1 Å². The zero-order chi connectivity index (χ0) is 36.5. The highest BCUT2D eigenvalue weighted by Gasteiger charge is 2.55. The maximum atomic E-state index is 7.05. The topological polar surface area (TPSA) is 64.4 Å². The molecule has 10 rings (SSSR count). The highest BCUT2D eigenvalue weighted by atomic mass is 16.6. The first-order chi connectivity index (χ1) is 26.5. The summed E-state index contributed by atoms with van der Waals surface area (Å²) in [6.07, 6.45) is 6.29. The largest absolute Gasteiger partial charge is 0.630 e. The Bertz CT molecular complexity index is 2330. The minimum atomic E-state index is -2.39. The van der Waals surface area contributed by atoms with Gasteiger partial charge in [-0.15, -0.1) is 0 Å². The molecule has 3 atom stereocenters. The van der Waals surface area contributed by atoms with Gasteiger partial charge in [-0.2, -0.15) is 0 Å². The van der Waals surface area contributed by atoms with Gasteiger partial charge in [0.05, 0.1) is 33.9 Å². The first-order valence-corrected chi connectivity index (χ1v) is 18.1. The molecule has 0 N–H and O–H groups in total. The third-order valence-corrected chi connectivity index (χ3v) is 11.3. The van der Waals surface area contributed by atoms with Crippen molar-refractivity contribution in [3.63, 3.8) is 0 Å². The Kier molecular flexibility index (Phi) is 7.32. The molecule has 4 aliphatic rings. The number of benzene rings is 6. The lowest BCUT2D eigenvalue weighted by atomic mass is 9.59.